The largest absolute Gasteiger partial charge is 0.356 e. The third-order valence-electron chi connectivity index (χ3n) is 4.76. The predicted octanol–water partition coefficient (Wildman–Crippen LogP) is 3.82. The molecule has 0 saturated carbocycles. The van der Waals surface area contributed by atoms with E-state index >= 15 is 0 Å². The van der Waals surface area contributed by atoms with Gasteiger partial charge in [-0.15, -0.1) is 24.0 Å². The average Bonchev–Trinajstić information content (AvgIpc) is 2.59. The molecule has 0 bridgehead atoms. The van der Waals surface area contributed by atoms with Crippen molar-refractivity contribution in [1.29, 1.82) is 0 Å². The van der Waals surface area contributed by atoms with E-state index in [0.717, 1.165) is 25.0 Å². The van der Waals surface area contributed by atoms with Gasteiger partial charge in [-0.25, -0.2) is 0 Å². The van der Waals surface area contributed by atoms with Gasteiger partial charge in [-0.05, 0) is 50.3 Å². The van der Waals surface area contributed by atoms with Crippen LogP contribution in [0.4, 0.5) is 0 Å². The first kappa shape index (κ1) is 22.2. The summed E-state index contributed by atoms with van der Waals surface area (Å²) in [6.07, 6.45) is 5.24. The standard InChI is InChI=1S/C20H34N4.HI/c1-18-10-9-15-24(16-18)14-8-7-13-22-20(21-2)23(3)17-19-11-5-4-6-12-19;/h4-6,11-12,18H,7-10,13-17H2,1-3H3,(H,21,22);1H. The summed E-state index contributed by atoms with van der Waals surface area (Å²) >= 11 is 0. The molecule has 1 aromatic carbocycles. The molecule has 1 aliphatic heterocycles. The topological polar surface area (TPSA) is 30.9 Å². The minimum Gasteiger partial charge on any atom is -0.356 e. The number of guanidine groups is 1. The maximum absolute atomic E-state index is 4.40. The molecule has 4 nitrogen and oxygen atoms in total. The lowest BCUT2D eigenvalue weighted by molar-refractivity contribution is 0.181. The van der Waals surface area contributed by atoms with Crippen LogP contribution >= 0.6 is 24.0 Å². The highest BCUT2D eigenvalue weighted by atomic mass is 127. The molecule has 0 amide bonds. The molecule has 1 heterocycles. The van der Waals surface area contributed by atoms with Gasteiger partial charge in [0.2, 0.25) is 0 Å². The molecule has 142 valence electrons. The van der Waals surface area contributed by atoms with Gasteiger partial charge in [-0.3, -0.25) is 4.99 Å². The van der Waals surface area contributed by atoms with Gasteiger partial charge in [0.15, 0.2) is 5.96 Å². The summed E-state index contributed by atoms with van der Waals surface area (Å²) in [6, 6.07) is 10.5. The van der Waals surface area contributed by atoms with Crippen LogP contribution in [-0.2, 0) is 6.54 Å². The van der Waals surface area contributed by atoms with E-state index in [1.54, 1.807) is 0 Å². The van der Waals surface area contributed by atoms with Crippen LogP contribution in [0, 0.1) is 5.92 Å². The van der Waals surface area contributed by atoms with E-state index in [1.165, 1.54) is 50.9 Å². The molecule has 25 heavy (non-hydrogen) atoms. The number of rotatable bonds is 7. The molecule has 0 spiro atoms. The number of nitrogens with zero attached hydrogens (tertiary/aromatic N) is 3. The fourth-order valence-electron chi connectivity index (χ4n) is 3.47. The van der Waals surface area contributed by atoms with Crippen molar-refractivity contribution in [3.63, 3.8) is 0 Å². The molecule has 5 heteroatoms. The van der Waals surface area contributed by atoms with Gasteiger partial charge in [0.05, 0.1) is 0 Å². The zero-order valence-corrected chi connectivity index (χ0v) is 18.4. The number of hydrogen-bond donors (Lipinski definition) is 1. The Hall–Kier alpha value is -0.820. The second-order valence-electron chi connectivity index (χ2n) is 7.07. The molecule has 1 saturated heterocycles. The van der Waals surface area contributed by atoms with Crippen molar-refractivity contribution in [3.8, 4) is 0 Å². The monoisotopic (exact) mass is 458 g/mol. The Kier molecular flexibility index (Phi) is 11.1. The van der Waals surface area contributed by atoms with Crippen molar-refractivity contribution < 1.29 is 0 Å². The van der Waals surface area contributed by atoms with E-state index in [-0.39, 0.29) is 24.0 Å². The SMILES string of the molecule is CN=C(NCCCCN1CCCC(C)C1)N(C)Cc1ccccc1.I. The predicted molar refractivity (Wildman–Crippen MR) is 119 cm³/mol. The highest BCUT2D eigenvalue weighted by Crippen LogP contribution is 2.15. The van der Waals surface area contributed by atoms with Crippen LogP contribution in [0.3, 0.4) is 0 Å². The quantitative estimate of drug-likeness (QED) is 0.292. The smallest absolute Gasteiger partial charge is 0.193 e. The summed E-state index contributed by atoms with van der Waals surface area (Å²) in [5.41, 5.74) is 1.31. The molecule has 2 rings (SSSR count). The summed E-state index contributed by atoms with van der Waals surface area (Å²) in [4.78, 5) is 9.21. The number of piperidine rings is 1. The fraction of sp³-hybridized carbons (Fsp3) is 0.650. The van der Waals surface area contributed by atoms with Crippen molar-refractivity contribution in [3.05, 3.63) is 35.9 Å². The van der Waals surface area contributed by atoms with E-state index in [4.69, 9.17) is 0 Å². The lowest BCUT2D eigenvalue weighted by atomic mass is 10.0. The molecule has 1 unspecified atom stereocenters. The number of likely N-dealkylation sites (tertiary alicyclic amines) is 1. The molecule has 1 N–H and O–H groups in total. The summed E-state index contributed by atoms with van der Waals surface area (Å²) in [5.74, 6) is 1.85. The average molecular weight is 458 g/mol. The van der Waals surface area contributed by atoms with Crippen LogP contribution in [0.15, 0.2) is 35.3 Å². The lowest BCUT2D eigenvalue weighted by Gasteiger charge is -2.30. The molecule has 1 fully saturated rings. The van der Waals surface area contributed by atoms with Gasteiger partial charge >= 0.3 is 0 Å². The van der Waals surface area contributed by atoms with E-state index in [0.29, 0.717) is 0 Å². The van der Waals surface area contributed by atoms with E-state index < -0.39 is 0 Å². The van der Waals surface area contributed by atoms with E-state index in [2.05, 4.69) is 64.4 Å². The first-order valence-corrected chi connectivity index (χ1v) is 9.37. The Morgan fingerprint density at radius 1 is 1.28 bits per heavy atom. The highest BCUT2D eigenvalue weighted by Gasteiger charge is 2.15. The second-order valence-corrected chi connectivity index (χ2v) is 7.07. The summed E-state index contributed by atoms with van der Waals surface area (Å²) in [6.45, 7) is 8.07. The Morgan fingerprint density at radius 3 is 2.72 bits per heavy atom. The van der Waals surface area contributed by atoms with Gasteiger partial charge < -0.3 is 15.1 Å². The Labute approximate surface area is 171 Å². The molecule has 0 aliphatic carbocycles. The van der Waals surface area contributed by atoms with Crippen LogP contribution < -0.4 is 5.32 Å². The van der Waals surface area contributed by atoms with E-state index in [1.807, 2.05) is 7.05 Å². The van der Waals surface area contributed by atoms with E-state index in [9.17, 15) is 0 Å². The zero-order valence-electron chi connectivity index (χ0n) is 16.1. The van der Waals surface area contributed by atoms with Crippen molar-refractivity contribution in [2.75, 3.05) is 40.3 Å². The number of benzene rings is 1. The molecule has 0 radical (unpaired) electrons. The Morgan fingerprint density at radius 2 is 2.04 bits per heavy atom. The number of nitrogens with one attached hydrogen (secondary N) is 1. The maximum Gasteiger partial charge on any atom is 0.193 e. The normalized spacial score (nSPS) is 18.5. The summed E-state index contributed by atoms with van der Waals surface area (Å²) in [7, 11) is 3.95. The molecule has 1 aromatic rings. The first-order chi connectivity index (χ1) is 11.7. The summed E-state index contributed by atoms with van der Waals surface area (Å²) in [5, 5.41) is 3.49. The van der Waals surface area contributed by atoms with Crippen LogP contribution in [-0.4, -0.2) is 56.0 Å². The van der Waals surface area contributed by atoms with Gasteiger partial charge in [-0.2, -0.15) is 0 Å². The summed E-state index contributed by atoms with van der Waals surface area (Å²) < 4.78 is 0. The van der Waals surface area contributed by atoms with Crippen LogP contribution in [0.1, 0.15) is 38.2 Å². The minimum atomic E-state index is 0. The minimum absolute atomic E-state index is 0. The van der Waals surface area contributed by atoms with Crippen molar-refractivity contribution in [1.82, 2.24) is 15.1 Å². The molecule has 0 aromatic heterocycles. The molecular weight excluding hydrogens is 423 g/mol. The van der Waals surface area contributed by atoms with Crippen LogP contribution in [0.25, 0.3) is 0 Å². The van der Waals surface area contributed by atoms with Crippen molar-refractivity contribution in [2.45, 2.75) is 39.2 Å². The number of aliphatic imine (C=N–C) groups is 1. The second kappa shape index (κ2) is 12.5. The number of hydrogen-bond acceptors (Lipinski definition) is 2. The van der Waals surface area contributed by atoms with Gasteiger partial charge in [0.1, 0.15) is 0 Å². The Bertz CT molecular complexity index is 492. The van der Waals surface area contributed by atoms with Gasteiger partial charge in [0.25, 0.3) is 0 Å². The lowest BCUT2D eigenvalue weighted by Crippen LogP contribution is -2.39. The third-order valence-corrected chi connectivity index (χ3v) is 4.76. The molecule has 1 aliphatic rings. The van der Waals surface area contributed by atoms with Gasteiger partial charge in [0, 0.05) is 33.7 Å². The van der Waals surface area contributed by atoms with Crippen molar-refractivity contribution >= 4 is 29.9 Å². The number of unbranched alkanes of at least 4 members (excludes halogenated alkanes) is 1. The van der Waals surface area contributed by atoms with Gasteiger partial charge in [-0.1, -0.05) is 37.3 Å². The maximum atomic E-state index is 4.40. The highest BCUT2D eigenvalue weighted by molar-refractivity contribution is 14.0. The third kappa shape index (κ3) is 8.40. The Balaban J connectivity index is 0.00000312. The zero-order chi connectivity index (χ0) is 17.2. The molecular formula is C20H35IN4. The van der Waals surface area contributed by atoms with Crippen LogP contribution in [0.5, 0.6) is 0 Å². The van der Waals surface area contributed by atoms with Crippen LogP contribution in [0.2, 0.25) is 0 Å². The van der Waals surface area contributed by atoms with Crippen molar-refractivity contribution in [2.24, 2.45) is 10.9 Å². The molecule has 1 atom stereocenters. The number of halogens is 1. The fourth-order valence-corrected chi connectivity index (χ4v) is 3.47. The first-order valence-electron chi connectivity index (χ1n) is 9.37.